The molecule has 0 saturated carbocycles. The Hall–Kier alpha value is -6.19. The molecule has 2 heterocycles. The molecule has 2 aromatic heterocycles. The maximum Gasteiger partial charge on any atom is 0.140 e. The van der Waals surface area contributed by atoms with E-state index in [4.69, 9.17) is 9.40 Å². The van der Waals surface area contributed by atoms with Crippen molar-refractivity contribution in [3.05, 3.63) is 152 Å². The first-order chi connectivity index (χ1) is 23.2. The minimum absolute atomic E-state index is 0.907. The van der Waals surface area contributed by atoms with Crippen LogP contribution in [-0.4, -0.2) is 9.55 Å². The van der Waals surface area contributed by atoms with Crippen LogP contribution in [0.5, 0.6) is 0 Å². The van der Waals surface area contributed by atoms with Gasteiger partial charge in [-0.2, -0.15) is 0 Å². The molecule has 0 fully saturated rings. The summed E-state index contributed by atoms with van der Waals surface area (Å²) < 4.78 is 8.54. The molecule has 0 aliphatic rings. The highest BCUT2D eigenvalue weighted by atomic mass is 16.3. The Morgan fingerprint density at radius 2 is 0.979 bits per heavy atom. The van der Waals surface area contributed by atoms with Gasteiger partial charge in [-0.05, 0) is 91.0 Å². The van der Waals surface area contributed by atoms with Crippen molar-refractivity contribution in [3.63, 3.8) is 0 Å². The summed E-state index contributed by atoms with van der Waals surface area (Å²) in [5.74, 6) is 0.970. The molecular formula is C44H28N2O. The zero-order valence-corrected chi connectivity index (χ0v) is 25.7. The van der Waals surface area contributed by atoms with Crippen molar-refractivity contribution in [1.29, 1.82) is 0 Å². The van der Waals surface area contributed by atoms with Crippen molar-refractivity contribution < 1.29 is 4.42 Å². The molecule has 0 spiro atoms. The Kier molecular flexibility index (Phi) is 5.49. The average molecular weight is 601 g/mol. The molecule has 0 aliphatic carbocycles. The second-order valence-electron chi connectivity index (χ2n) is 12.4. The van der Waals surface area contributed by atoms with Crippen LogP contribution in [0.3, 0.4) is 0 Å². The monoisotopic (exact) mass is 600 g/mol. The van der Waals surface area contributed by atoms with Crippen LogP contribution in [0.15, 0.2) is 156 Å². The van der Waals surface area contributed by atoms with Gasteiger partial charge in [0.05, 0.1) is 11.0 Å². The normalized spacial score (nSPS) is 11.9. The summed E-state index contributed by atoms with van der Waals surface area (Å²) in [6, 6.07) is 54.4. The van der Waals surface area contributed by atoms with Gasteiger partial charge in [0.25, 0.3) is 0 Å². The Morgan fingerprint density at radius 3 is 1.66 bits per heavy atom. The lowest BCUT2D eigenvalue weighted by Gasteiger charge is -2.18. The minimum atomic E-state index is 0.907. The van der Waals surface area contributed by atoms with Crippen LogP contribution in [-0.2, 0) is 7.05 Å². The van der Waals surface area contributed by atoms with Gasteiger partial charge in [0, 0.05) is 23.4 Å². The minimum Gasteiger partial charge on any atom is -0.456 e. The fraction of sp³-hybridized carbons (Fsp3) is 0.0227. The lowest BCUT2D eigenvalue weighted by Crippen LogP contribution is -1.93. The van der Waals surface area contributed by atoms with E-state index in [1.165, 1.54) is 54.6 Å². The molecule has 0 unspecified atom stereocenters. The van der Waals surface area contributed by atoms with Gasteiger partial charge in [0.1, 0.15) is 17.0 Å². The molecule has 3 heteroatoms. The zero-order valence-electron chi connectivity index (χ0n) is 25.7. The zero-order chi connectivity index (χ0) is 31.1. The number of imidazole rings is 1. The quantitative estimate of drug-likeness (QED) is 0.189. The molecule has 0 N–H and O–H groups in total. The first-order valence-corrected chi connectivity index (χ1v) is 16.0. The number of hydrogen-bond donors (Lipinski definition) is 0. The van der Waals surface area contributed by atoms with Gasteiger partial charge in [-0.25, -0.2) is 4.98 Å². The molecule has 0 atom stereocenters. The van der Waals surface area contributed by atoms with Gasteiger partial charge in [-0.3, -0.25) is 0 Å². The molecule has 0 aliphatic heterocycles. The molecule has 3 nitrogen and oxygen atoms in total. The summed E-state index contributed by atoms with van der Waals surface area (Å²) in [7, 11) is 2.09. The predicted octanol–water partition coefficient (Wildman–Crippen LogP) is 11.9. The number of hydrogen-bond acceptors (Lipinski definition) is 2. The van der Waals surface area contributed by atoms with Crippen molar-refractivity contribution in [1.82, 2.24) is 9.55 Å². The first-order valence-electron chi connectivity index (χ1n) is 16.0. The van der Waals surface area contributed by atoms with Gasteiger partial charge < -0.3 is 8.98 Å². The predicted molar refractivity (Wildman–Crippen MR) is 197 cm³/mol. The lowest BCUT2D eigenvalue weighted by molar-refractivity contribution is 0.669. The second kappa shape index (κ2) is 9.90. The van der Waals surface area contributed by atoms with Crippen LogP contribution in [0.2, 0.25) is 0 Å². The number of rotatable bonds is 3. The fourth-order valence-electron chi connectivity index (χ4n) is 7.56. The Labute approximate surface area is 270 Å². The number of furan rings is 1. The molecule has 0 amide bonds. The van der Waals surface area contributed by atoms with E-state index in [9.17, 15) is 0 Å². The molecule has 0 radical (unpaired) electrons. The average Bonchev–Trinajstić information content (AvgIpc) is 3.66. The van der Waals surface area contributed by atoms with Gasteiger partial charge >= 0.3 is 0 Å². The number of para-hydroxylation sites is 2. The maximum absolute atomic E-state index is 6.36. The van der Waals surface area contributed by atoms with Crippen molar-refractivity contribution in [2.24, 2.45) is 7.05 Å². The van der Waals surface area contributed by atoms with E-state index in [0.29, 0.717) is 0 Å². The molecule has 10 aromatic rings. The smallest absolute Gasteiger partial charge is 0.140 e. The molecule has 0 saturated heterocycles. The van der Waals surface area contributed by atoms with Crippen LogP contribution >= 0.6 is 0 Å². The summed E-state index contributed by atoms with van der Waals surface area (Å²) in [6.07, 6.45) is 0. The second-order valence-corrected chi connectivity index (χ2v) is 12.4. The topological polar surface area (TPSA) is 31.0 Å². The highest BCUT2D eigenvalue weighted by Crippen LogP contribution is 2.45. The number of benzene rings is 8. The molecule has 10 rings (SSSR count). The molecule has 0 bridgehead atoms. The van der Waals surface area contributed by atoms with Crippen LogP contribution in [0.25, 0.3) is 98.9 Å². The van der Waals surface area contributed by atoms with Gasteiger partial charge in [0.15, 0.2) is 0 Å². The van der Waals surface area contributed by atoms with Gasteiger partial charge in [-0.15, -0.1) is 0 Å². The van der Waals surface area contributed by atoms with Crippen molar-refractivity contribution in [2.45, 2.75) is 0 Å². The van der Waals surface area contributed by atoms with E-state index in [2.05, 4.69) is 157 Å². The standard InChI is InChI=1S/C44H28N2O/c1-46-39-17-9-8-16-38(39)45-44(46)28-20-18-27(19-21-28)42-32-12-4-6-14-34(32)43(35-15-7-5-13-33(35)42)31-22-23-40-36(25-31)37-24-29-10-2-3-11-30(29)26-41(37)47-40/h2-26H,1H3. The van der Waals surface area contributed by atoms with Crippen LogP contribution in [0.1, 0.15) is 0 Å². The Balaban J connectivity index is 1.18. The number of aryl methyl sites for hydroxylation is 1. The molecule has 220 valence electrons. The Bertz CT molecular complexity index is 2800. The maximum atomic E-state index is 6.36. The molecule has 47 heavy (non-hydrogen) atoms. The van der Waals surface area contributed by atoms with Gasteiger partial charge in [-0.1, -0.05) is 115 Å². The van der Waals surface area contributed by atoms with E-state index in [1.807, 2.05) is 6.07 Å². The van der Waals surface area contributed by atoms with Crippen LogP contribution in [0, 0.1) is 0 Å². The van der Waals surface area contributed by atoms with Crippen molar-refractivity contribution in [2.75, 3.05) is 0 Å². The van der Waals surface area contributed by atoms with E-state index >= 15 is 0 Å². The van der Waals surface area contributed by atoms with Crippen molar-refractivity contribution in [3.8, 4) is 33.6 Å². The summed E-state index contributed by atoms with van der Waals surface area (Å²) in [4.78, 5) is 4.94. The van der Waals surface area contributed by atoms with Crippen molar-refractivity contribution >= 4 is 65.3 Å². The fourth-order valence-corrected chi connectivity index (χ4v) is 7.56. The molecule has 8 aromatic carbocycles. The number of nitrogens with zero attached hydrogens (tertiary/aromatic N) is 2. The summed E-state index contributed by atoms with van der Waals surface area (Å²) >= 11 is 0. The third kappa shape index (κ3) is 3.90. The number of fused-ring (bicyclic) bond motifs is 7. The number of aromatic nitrogens is 2. The third-order valence-corrected chi connectivity index (χ3v) is 9.78. The van der Waals surface area contributed by atoms with E-state index in [0.717, 1.165) is 44.4 Å². The summed E-state index contributed by atoms with van der Waals surface area (Å²) in [5, 5.41) is 9.63. The third-order valence-electron chi connectivity index (χ3n) is 9.78. The first kappa shape index (κ1) is 26.1. The molecular weight excluding hydrogens is 572 g/mol. The summed E-state index contributed by atoms with van der Waals surface area (Å²) in [6.45, 7) is 0. The lowest BCUT2D eigenvalue weighted by atomic mass is 9.85. The highest BCUT2D eigenvalue weighted by molar-refractivity contribution is 6.22. The van der Waals surface area contributed by atoms with Gasteiger partial charge in [0.2, 0.25) is 0 Å². The van der Waals surface area contributed by atoms with E-state index < -0.39 is 0 Å². The van der Waals surface area contributed by atoms with Crippen LogP contribution in [0.4, 0.5) is 0 Å². The van der Waals surface area contributed by atoms with Crippen LogP contribution < -0.4 is 0 Å². The SMILES string of the molecule is Cn1c(-c2ccc(-c3c4ccccc4c(-c4ccc5oc6cc7ccccc7cc6c5c4)c4ccccc34)cc2)nc2ccccc21. The van der Waals surface area contributed by atoms with E-state index in [1.54, 1.807) is 0 Å². The summed E-state index contributed by atoms with van der Waals surface area (Å²) in [5.41, 5.74) is 9.94. The highest BCUT2D eigenvalue weighted by Gasteiger charge is 2.18. The Morgan fingerprint density at radius 1 is 0.447 bits per heavy atom. The van der Waals surface area contributed by atoms with E-state index in [-0.39, 0.29) is 0 Å². The largest absolute Gasteiger partial charge is 0.456 e.